The molecule has 0 N–H and O–H groups in total. The van der Waals surface area contributed by atoms with Crippen molar-refractivity contribution in [1.29, 1.82) is 0 Å². The molecule has 0 fully saturated rings. The number of hydrogen-bond donors (Lipinski definition) is 0. The van der Waals surface area contributed by atoms with Crippen LogP contribution in [0.1, 0.15) is 15.9 Å². The molecule has 0 unspecified atom stereocenters. The van der Waals surface area contributed by atoms with Gasteiger partial charge in [-0.1, -0.05) is 6.08 Å². The van der Waals surface area contributed by atoms with E-state index < -0.39 is 11.6 Å². The average molecular weight is 275 g/mol. The van der Waals surface area contributed by atoms with E-state index in [1.54, 1.807) is 12.1 Å². The van der Waals surface area contributed by atoms with Gasteiger partial charge in [0.25, 0.3) is 0 Å². The molecule has 102 valence electrons. The summed E-state index contributed by atoms with van der Waals surface area (Å²) in [5.41, 5.74) is 0.635. The van der Waals surface area contributed by atoms with E-state index in [-0.39, 0.29) is 11.3 Å². The lowest BCUT2D eigenvalue weighted by molar-refractivity contribution is 0.104. The average Bonchev–Trinajstić information content (AvgIpc) is 2.44. The molecule has 1 aromatic carbocycles. The lowest BCUT2D eigenvalue weighted by Crippen LogP contribution is -1.96. The molecule has 1 aromatic heterocycles. The highest BCUT2D eigenvalue weighted by Gasteiger charge is 2.03. The molecule has 0 radical (unpaired) electrons. The first-order valence-electron chi connectivity index (χ1n) is 5.77. The van der Waals surface area contributed by atoms with Gasteiger partial charge < -0.3 is 4.74 Å². The minimum Gasteiger partial charge on any atom is -0.481 e. The summed E-state index contributed by atoms with van der Waals surface area (Å²) in [6.07, 6.45) is 3.95. The Hall–Kier alpha value is -2.56. The van der Waals surface area contributed by atoms with Crippen molar-refractivity contribution in [3.63, 3.8) is 0 Å². The fourth-order valence-corrected chi connectivity index (χ4v) is 1.59. The van der Waals surface area contributed by atoms with Gasteiger partial charge in [0.05, 0.1) is 7.11 Å². The molecule has 3 nitrogen and oxygen atoms in total. The summed E-state index contributed by atoms with van der Waals surface area (Å²) in [6, 6.07) is 6.17. The smallest absolute Gasteiger partial charge is 0.212 e. The van der Waals surface area contributed by atoms with E-state index in [2.05, 4.69) is 4.98 Å². The third-order valence-corrected chi connectivity index (χ3v) is 2.54. The molecular formula is C15H11F2NO2. The Labute approximate surface area is 114 Å². The topological polar surface area (TPSA) is 39.2 Å². The van der Waals surface area contributed by atoms with E-state index >= 15 is 0 Å². The molecule has 2 rings (SSSR count). The fourth-order valence-electron chi connectivity index (χ4n) is 1.59. The van der Waals surface area contributed by atoms with Crippen LogP contribution in [-0.4, -0.2) is 17.9 Å². The molecule has 20 heavy (non-hydrogen) atoms. The lowest BCUT2D eigenvalue weighted by atomic mass is 10.1. The highest BCUT2D eigenvalue weighted by atomic mass is 19.1. The molecule has 0 aliphatic carbocycles. The molecule has 0 saturated heterocycles. The number of carbonyl (C=O) groups is 1. The lowest BCUT2D eigenvalue weighted by Gasteiger charge is -1.99. The molecule has 2 aromatic rings. The van der Waals surface area contributed by atoms with Gasteiger partial charge in [-0.25, -0.2) is 13.8 Å². The van der Waals surface area contributed by atoms with Crippen LogP contribution in [-0.2, 0) is 0 Å². The summed E-state index contributed by atoms with van der Waals surface area (Å²) in [6.45, 7) is 0. The van der Waals surface area contributed by atoms with Gasteiger partial charge in [-0.2, -0.15) is 0 Å². The van der Waals surface area contributed by atoms with Crippen LogP contribution in [0.25, 0.3) is 6.08 Å². The SMILES string of the molecule is COc1ccc(C(=O)/C=C/c2cc(F)cc(F)c2)cn1. The minimum absolute atomic E-state index is 0.275. The molecular weight excluding hydrogens is 264 g/mol. The van der Waals surface area contributed by atoms with Crippen molar-refractivity contribution < 1.29 is 18.3 Å². The van der Waals surface area contributed by atoms with Gasteiger partial charge in [0, 0.05) is 23.9 Å². The number of hydrogen-bond acceptors (Lipinski definition) is 3. The Morgan fingerprint density at radius 3 is 2.45 bits per heavy atom. The summed E-state index contributed by atoms with van der Waals surface area (Å²) in [4.78, 5) is 15.7. The molecule has 0 atom stereocenters. The normalized spacial score (nSPS) is 10.8. The second-order valence-electron chi connectivity index (χ2n) is 3.99. The third-order valence-electron chi connectivity index (χ3n) is 2.54. The first-order chi connectivity index (χ1) is 9.58. The number of allylic oxidation sites excluding steroid dienone is 1. The maximum Gasteiger partial charge on any atom is 0.212 e. The van der Waals surface area contributed by atoms with E-state index in [9.17, 15) is 13.6 Å². The maximum atomic E-state index is 13.0. The number of methoxy groups -OCH3 is 1. The van der Waals surface area contributed by atoms with E-state index in [4.69, 9.17) is 4.74 Å². The highest BCUT2D eigenvalue weighted by molar-refractivity contribution is 6.06. The van der Waals surface area contributed by atoms with Crippen LogP contribution >= 0.6 is 0 Å². The van der Waals surface area contributed by atoms with Crippen molar-refractivity contribution in [2.45, 2.75) is 0 Å². The predicted molar refractivity (Wildman–Crippen MR) is 70.5 cm³/mol. The predicted octanol–water partition coefficient (Wildman–Crippen LogP) is 3.26. The Bertz CT molecular complexity index is 631. The van der Waals surface area contributed by atoms with E-state index in [0.717, 1.165) is 18.2 Å². The van der Waals surface area contributed by atoms with Crippen LogP contribution in [0.2, 0.25) is 0 Å². The van der Waals surface area contributed by atoms with Crippen LogP contribution < -0.4 is 4.74 Å². The summed E-state index contributed by atoms with van der Waals surface area (Å²) in [7, 11) is 1.47. The van der Waals surface area contributed by atoms with Gasteiger partial charge in [0.1, 0.15) is 11.6 Å². The van der Waals surface area contributed by atoms with Gasteiger partial charge in [-0.05, 0) is 29.8 Å². The van der Waals surface area contributed by atoms with Crippen LogP contribution in [0.3, 0.4) is 0 Å². The molecule has 0 saturated carbocycles. The molecule has 0 spiro atoms. The molecule has 5 heteroatoms. The van der Waals surface area contributed by atoms with Crippen LogP contribution in [0.15, 0.2) is 42.6 Å². The number of ketones is 1. The summed E-state index contributed by atoms with van der Waals surface area (Å²) < 4.78 is 30.8. The van der Waals surface area contributed by atoms with E-state index in [0.29, 0.717) is 11.4 Å². The Kier molecular flexibility index (Phi) is 4.20. The second-order valence-corrected chi connectivity index (χ2v) is 3.99. The van der Waals surface area contributed by atoms with Crippen molar-refractivity contribution in [2.24, 2.45) is 0 Å². The molecule has 0 aliphatic rings. The Balaban J connectivity index is 2.15. The van der Waals surface area contributed by atoms with Crippen molar-refractivity contribution in [3.8, 4) is 5.88 Å². The number of benzene rings is 1. The zero-order valence-corrected chi connectivity index (χ0v) is 10.6. The van der Waals surface area contributed by atoms with E-state index in [1.165, 1.54) is 25.5 Å². The number of aromatic nitrogens is 1. The van der Waals surface area contributed by atoms with Crippen LogP contribution in [0.4, 0.5) is 8.78 Å². The van der Waals surface area contributed by atoms with Gasteiger partial charge in [-0.3, -0.25) is 4.79 Å². The first-order valence-corrected chi connectivity index (χ1v) is 5.77. The number of halogens is 2. The minimum atomic E-state index is -0.691. The highest BCUT2D eigenvalue weighted by Crippen LogP contribution is 2.11. The first kappa shape index (κ1) is 13.9. The molecule has 0 amide bonds. The Morgan fingerprint density at radius 1 is 1.20 bits per heavy atom. The number of carbonyl (C=O) groups excluding carboxylic acids is 1. The van der Waals surface area contributed by atoms with Gasteiger partial charge in [0.2, 0.25) is 5.88 Å². The molecule has 1 heterocycles. The van der Waals surface area contributed by atoms with Crippen molar-refractivity contribution in [2.75, 3.05) is 7.11 Å². The van der Waals surface area contributed by atoms with Crippen molar-refractivity contribution >= 4 is 11.9 Å². The standard InChI is InChI=1S/C15H11F2NO2/c1-20-15-5-3-11(9-18-15)14(19)4-2-10-6-12(16)8-13(17)7-10/h2-9H,1H3/b4-2+. The van der Waals surface area contributed by atoms with Crippen molar-refractivity contribution in [3.05, 3.63) is 65.4 Å². The third kappa shape index (κ3) is 3.47. The number of rotatable bonds is 4. The van der Waals surface area contributed by atoms with Crippen molar-refractivity contribution in [1.82, 2.24) is 4.98 Å². The zero-order valence-electron chi connectivity index (χ0n) is 10.6. The molecule has 0 aliphatic heterocycles. The molecule has 0 bridgehead atoms. The maximum absolute atomic E-state index is 13.0. The van der Waals surface area contributed by atoms with Crippen LogP contribution in [0, 0.1) is 11.6 Å². The van der Waals surface area contributed by atoms with Crippen LogP contribution in [0.5, 0.6) is 5.88 Å². The number of pyridine rings is 1. The summed E-state index contributed by atoms with van der Waals surface area (Å²) in [5.74, 6) is -1.30. The summed E-state index contributed by atoms with van der Waals surface area (Å²) >= 11 is 0. The van der Waals surface area contributed by atoms with Gasteiger partial charge >= 0.3 is 0 Å². The zero-order chi connectivity index (χ0) is 14.5. The Morgan fingerprint density at radius 2 is 1.90 bits per heavy atom. The fraction of sp³-hybridized carbons (Fsp3) is 0.0667. The van der Waals surface area contributed by atoms with Gasteiger partial charge in [0.15, 0.2) is 5.78 Å². The quantitative estimate of drug-likeness (QED) is 0.635. The number of ether oxygens (including phenoxy) is 1. The van der Waals surface area contributed by atoms with Gasteiger partial charge in [-0.15, -0.1) is 0 Å². The number of nitrogens with zero attached hydrogens (tertiary/aromatic N) is 1. The summed E-state index contributed by atoms with van der Waals surface area (Å²) in [5, 5.41) is 0. The largest absolute Gasteiger partial charge is 0.481 e. The second kappa shape index (κ2) is 6.06. The van der Waals surface area contributed by atoms with E-state index in [1.807, 2.05) is 0 Å². The monoisotopic (exact) mass is 275 g/mol.